The normalized spacial score (nSPS) is 17.0. The number of rotatable bonds is 6. The summed E-state index contributed by atoms with van der Waals surface area (Å²) in [4.78, 5) is 28.0. The van der Waals surface area contributed by atoms with E-state index in [-0.39, 0.29) is 11.8 Å². The zero-order valence-electron chi connectivity index (χ0n) is 14.3. The van der Waals surface area contributed by atoms with E-state index >= 15 is 0 Å². The standard InChI is InChI=1S/C17H25N3O3/c1-5-6-16(21)18-13-7-8-15-14(11-13)20(10-9-19(3)4)17(22)12(2)23-15/h7-8,11-12H,5-6,9-10H2,1-4H3,(H,18,21). The summed E-state index contributed by atoms with van der Waals surface area (Å²) in [6.45, 7) is 5.05. The third kappa shape index (κ3) is 4.22. The molecule has 6 nitrogen and oxygen atoms in total. The van der Waals surface area contributed by atoms with Gasteiger partial charge in [-0.05, 0) is 45.6 Å². The van der Waals surface area contributed by atoms with Crippen LogP contribution in [0, 0.1) is 0 Å². The SMILES string of the molecule is CCCC(=O)Nc1ccc2c(c1)N(CCN(C)C)C(=O)C(C)O2. The zero-order chi connectivity index (χ0) is 17.0. The minimum absolute atomic E-state index is 0.0243. The van der Waals surface area contributed by atoms with Crippen LogP contribution in [0.25, 0.3) is 0 Å². The van der Waals surface area contributed by atoms with Crippen LogP contribution in [0.2, 0.25) is 0 Å². The van der Waals surface area contributed by atoms with Crippen LogP contribution in [0.4, 0.5) is 11.4 Å². The molecule has 0 saturated carbocycles. The van der Waals surface area contributed by atoms with Crippen LogP contribution < -0.4 is 15.0 Å². The molecule has 1 atom stereocenters. The first-order valence-corrected chi connectivity index (χ1v) is 7.99. The van der Waals surface area contributed by atoms with Crippen molar-refractivity contribution < 1.29 is 14.3 Å². The van der Waals surface area contributed by atoms with Gasteiger partial charge in [0.2, 0.25) is 5.91 Å². The Morgan fingerprint density at radius 1 is 1.39 bits per heavy atom. The molecule has 126 valence electrons. The second-order valence-corrected chi connectivity index (χ2v) is 6.03. The Kier molecular flexibility index (Phi) is 5.60. The number of fused-ring (bicyclic) bond motifs is 1. The fourth-order valence-electron chi connectivity index (χ4n) is 2.47. The number of nitrogens with zero attached hydrogens (tertiary/aromatic N) is 2. The van der Waals surface area contributed by atoms with Gasteiger partial charge in [0.1, 0.15) is 5.75 Å². The fourth-order valence-corrected chi connectivity index (χ4v) is 2.47. The Labute approximate surface area is 137 Å². The number of amides is 2. The topological polar surface area (TPSA) is 61.9 Å². The first-order chi connectivity index (χ1) is 10.9. The summed E-state index contributed by atoms with van der Waals surface area (Å²) in [6.07, 6.45) is 0.781. The van der Waals surface area contributed by atoms with Crippen molar-refractivity contribution in [2.75, 3.05) is 37.4 Å². The molecule has 6 heteroatoms. The van der Waals surface area contributed by atoms with Gasteiger partial charge < -0.3 is 19.9 Å². The summed E-state index contributed by atoms with van der Waals surface area (Å²) in [5.41, 5.74) is 1.40. The molecule has 0 radical (unpaired) electrons. The van der Waals surface area contributed by atoms with Crippen molar-refractivity contribution >= 4 is 23.2 Å². The van der Waals surface area contributed by atoms with Crippen LogP contribution in [-0.2, 0) is 9.59 Å². The van der Waals surface area contributed by atoms with E-state index in [9.17, 15) is 9.59 Å². The third-order valence-electron chi connectivity index (χ3n) is 3.70. The van der Waals surface area contributed by atoms with E-state index in [1.807, 2.05) is 38.1 Å². The molecule has 0 fully saturated rings. The van der Waals surface area contributed by atoms with E-state index < -0.39 is 6.10 Å². The van der Waals surface area contributed by atoms with E-state index in [2.05, 4.69) is 5.32 Å². The molecule has 0 saturated heterocycles. The van der Waals surface area contributed by atoms with Crippen molar-refractivity contribution in [3.63, 3.8) is 0 Å². The lowest BCUT2D eigenvalue weighted by Crippen LogP contribution is -2.46. The molecule has 2 rings (SSSR count). The second kappa shape index (κ2) is 7.46. The molecule has 2 amide bonds. The summed E-state index contributed by atoms with van der Waals surface area (Å²) < 4.78 is 5.67. The van der Waals surface area contributed by atoms with Gasteiger partial charge in [0.05, 0.1) is 5.69 Å². The van der Waals surface area contributed by atoms with Gasteiger partial charge in [-0.25, -0.2) is 0 Å². The van der Waals surface area contributed by atoms with E-state index in [4.69, 9.17) is 4.74 Å². The molecule has 23 heavy (non-hydrogen) atoms. The minimum Gasteiger partial charge on any atom is -0.479 e. The van der Waals surface area contributed by atoms with Crippen molar-refractivity contribution in [3.05, 3.63) is 18.2 Å². The molecular weight excluding hydrogens is 294 g/mol. The maximum absolute atomic E-state index is 12.4. The summed E-state index contributed by atoms with van der Waals surface area (Å²) in [5, 5.41) is 2.86. The molecule has 0 spiro atoms. The van der Waals surface area contributed by atoms with E-state index in [1.165, 1.54) is 0 Å². The fraction of sp³-hybridized carbons (Fsp3) is 0.529. The predicted octanol–water partition coefficient (Wildman–Crippen LogP) is 2.10. The largest absolute Gasteiger partial charge is 0.479 e. The van der Waals surface area contributed by atoms with Crippen molar-refractivity contribution in [1.29, 1.82) is 0 Å². The number of carbonyl (C=O) groups excluding carboxylic acids is 2. The van der Waals surface area contributed by atoms with Crippen LogP contribution in [0.15, 0.2) is 18.2 Å². The molecule has 1 unspecified atom stereocenters. The number of hydrogen-bond acceptors (Lipinski definition) is 4. The molecule has 1 heterocycles. The second-order valence-electron chi connectivity index (χ2n) is 6.03. The minimum atomic E-state index is -0.495. The number of benzene rings is 1. The monoisotopic (exact) mass is 319 g/mol. The highest BCUT2D eigenvalue weighted by Gasteiger charge is 2.31. The summed E-state index contributed by atoms with van der Waals surface area (Å²) >= 11 is 0. The third-order valence-corrected chi connectivity index (χ3v) is 3.70. The highest BCUT2D eigenvalue weighted by molar-refractivity contribution is 6.01. The number of anilines is 2. The van der Waals surface area contributed by atoms with Gasteiger partial charge in [0.25, 0.3) is 5.91 Å². The predicted molar refractivity (Wildman–Crippen MR) is 91.0 cm³/mol. The van der Waals surface area contributed by atoms with Crippen molar-refractivity contribution in [2.24, 2.45) is 0 Å². The van der Waals surface area contributed by atoms with E-state index in [0.717, 1.165) is 13.0 Å². The van der Waals surface area contributed by atoms with Crippen molar-refractivity contribution in [3.8, 4) is 5.75 Å². The van der Waals surface area contributed by atoms with Crippen molar-refractivity contribution in [2.45, 2.75) is 32.8 Å². The first-order valence-electron chi connectivity index (χ1n) is 7.99. The maximum Gasteiger partial charge on any atom is 0.267 e. The van der Waals surface area contributed by atoms with Gasteiger partial charge in [-0.15, -0.1) is 0 Å². The molecule has 0 aromatic heterocycles. The molecule has 1 aliphatic rings. The average molecular weight is 319 g/mol. The summed E-state index contributed by atoms with van der Waals surface area (Å²) in [5.74, 6) is 0.587. The zero-order valence-corrected chi connectivity index (χ0v) is 14.3. The average Bonchev–Trinajstić information content (AvgIpc) is 2.48. The van der Waals surface area contributed by atoms with Crippen molar-refractivity contribution in [1.82, 2.24) is 4.90 Å². The van der Waals surface area contributed by atoms with E-state index in [0.29, 0.717) is 30.1 Å². The van der Waals surface area contributed by atoms with Crippen LogP contribution >= 0.6 is 0 Å². The van der Waals surface area contributed by atoms with Crippen LogP contribution in [0.1, 0.15) is 26.7 Å². The maximum atomic E-state index is 12.4. The van der Waals surface area contributed by atoms with Gasteiger partial charge in [-0.1, -0.05) is 6.92 Å². The van der Waals surface area contributed by atoms with Crippen LogP contribution in [-0.4, -0.2) is 50.0 Å². The summed E-state index contributed by atoms with van der Waals surface area (Å²) in [6, 6.07) is 5.42. The highest BCUT2D eigenvalue weighted by atomic mass is 16.5. The molecular formula is C17H25N3O3. The quantitative estimate of drug-likeness (QED) is 0.872. The Morgan fingerprint density at radius 2 is 2.13 bits per heavy atom. The molecule has 1 aromatic rings. The number of nitrogens with one attached hydrogen (secondary N) is 1. The van der Waals surface area contributed by atoms with Gasteiger partial charge in [0, 0.05) is 25.2 Å². The van der Waals surface area contributed by atoms with Crippen LogP contribution in [0.3, 0.4) is 0 Å². The number of hydrogen-bond donors (Lipinski definition) is 1. The smallest absolute Gasteiger partial charge is 0.267 e. The van der Waals surface area contributed by atoms with Gasteiger partial charge in [-0.3, -0.25) is 9.59 Å². The number of carbonyl (C=O) groups is 2. The highest BCUT2D eigenvalue weighted by Crippen LogP contribution is 2.36. The van der Waals surface area contributed by atoms with E-state index in [1.54, 1.807) is 17.9 Å². The van der Waals surface area contributed by atoms with Gasteiger partial charge in [0.15, 0.2) is 6.10 Å². The number of ether oxygens (including phenoxy) is 1. The van der Waals surface area contributed by atoms with Gasteiger partial charge >= 0.3 is 0 Å². The Bertz CT molecular complexity index is 586. The lowest BCUT2D eigenvalue weighted by atomic mass is 10.1. The first kappa shape index (κ1) is 17.3. The lowest BCUT2D eigenvalue weighted by molar-refractivity contribution is -0.125. The number of likely N-dealkylation sites (N-methyl/N-ethyl adjacent to an activating group) is 1. The molecule has 0 bridgehead atoms. The Morgan fingerprint density at radius 3 is 2.78 bits per heavy atom. The molecule has 1 aliphatic heterocycles. The lowest BCUT2D eigenvalue weighted by Gasteiger charge is -2.34. The Balaban J connectivity index is 2.25. The van der Waals surface area contributed by atoms with Crippen LogP contribution in [0.5, 0.6) is 5.75 Å². The Hall–Kier alpha value is -2.08. The molecule has 1 aromatic carbocycles. The molecule has 0 aliphatic carbocycles. The molecule has 1 N–H and O–H groups in total. The summed E-state index contributed by atoms with van der Waals surface area (Å²) in [7, 11) is 3.94. The van der Waals surface area contributed by atoms with Gasteiger partial charge in [-0.2, -0.15) is 0 Å².